The average molecular weight is 475 g/mol. The molecule has 0 saturated heterocycles. The van der Waals surface area contributed by atoms with Crippen molar-refractivity contribution < 1.29 is 13.2 Å². The Morgan fingerprint density at radius 2 is 1.85 bits per heavy atom. The number of fused-ring (bicyclic) bond motifs is 2. The molecule has 0 saturated carbocycles. The summed E-state index contributed by atoms with van der Waals surface area (Å²) in [6.45, 7) is -0.253. The Morgan fingerprint density at radius 1 is 1.09 bits per heavy atom. The number of aromatic amines is 1. The van der Waals surface area contributed by atoms with Crippen LogP contribution in [0.2, 0.25) is 0 Å². The van der Waals surface area contributed by atoms with Crippen LogP contribution in [0.25, 0.3) is 22.4 Å². The van der Waals surface area contributed by atoms with Crippen molar-refractivity contribution in [3.63, 3.8) is 0 Å². The third-order valence-electron chi connectivity index (χ3n) is 6.28. The number of imidazole rings is 1. The van der Waals surface area contributed by atoms with Crippen LogP contribution in [0.5, 0.6) is 0 Å². The first-order valence-electron chi connectivity index (χ1n) is 11.3. The monoisotopic (exact) mass is 474 g/mol. The van der Waals surface area contributed by atoms with Gasteiger partial charge in [0.25, 0.3) is 0 Å². The van der Waals surface area contributed by atoms with Crippen molar-refractivity contribution >= 4 is 27.0 Å². The molecule has 1 amide bonds. The van der Waals surface area contributed by atoms with E-state index in [1.165, 1.54) is 18.7 Å². The number of aromatic nitrogens is 2. The zero-order chi connectivity index (χ0) is 23.7. The molecule has 3 aromatic carbocycles. The molecular weight excluding hydrogens is 448 g/mol. The molecule has 1 aliphatic carbocycles. The SMILES string of the molecule is CN(CC(=O)NC1CCCc2ccccc21)S(=O)(=O)c1ccc2nc(-c3ccccc3)[nH]c2c1. The van der Waals surface area contributed by atoms with Gasteiger partial charge in [-0.15, -0.1) is 0 Å². The van der Waals surface area contributed by atoms with Gasteiger partial charge < -0.3 is 10.3 Å². The molecule has 0 radical (unpaired) electrons. The lowest BCUT2D eigenvalue weighted by molar-refractivity contribution is -0.122. The minimum atomic E-state index is -3.86. The highest BCUT2D eigenvalue weighted by Gasteiger charge is 2.26. The van der Waals surface area contributed by atoms with Gasteiger partial charge in [-0.2, -0.15) is 4.31 Å². The number of H-pyrrole nitrogens is 1. The van der Waals surface area contributed by atoms with E-state index in [1.807, 2.05) is 48.5 Å². The molecule has 0 aliphatic heterocycles. The molecule has 1 heterocycles. The van der Waals surface area contributed by atoms with Gasteiger partial charge in [-0.1, -0.05) is 54.6 Å². The highest BCUT2D eigenvalue weighted by atomic mass is 32.2. The van der Waals surface area contributed by atoms with Gasteiger partial charge in [-0.3, -0.25) is 4.79 Å². The highest BCUT2D eigenvalue weighted by molar-refractivity contribution is 7.89. The lowest BCUT2D eigenvalue weighted by Gasteiger charge is -2.27. The summed E-state index contributed by atoms with van der Waals surface area (Å²) < 4.78 is 27.5. The van der Waals surface area contributed by atoms with Crippen LogP contribution in [0.15, 0.2) is 77.7 Å². The molecule has 1 aromatic heterocycles. The van der Waals surface area contributed by atoms with Crippen LogP contribution in [0.4, 0.5) is 0 Å². The van der Waals surface area contributed by atoms with Gasteiger partial charge in [-0.05, 0) is 48.6 Å². The highest BCUT2D eigenvalue weighted by Crippen LogP contribution is 2.29. The van der Waals surface area contributed by atoms with Gasteiger partial charge in [0.2, 0.25) is 15.9 Å². The van der Waals surface area contributed by atoms with Gasteiger partial charge in [-0.25, -0.2) is 13.4 Å². The summed E-state index contributed by atoms with van der Waals surface area (Å²) in [6, 6.07) is 22.4. The van der Waals surface area contributed by atoms with E-state index >= 15 is 0 Å². The summed E-state index contributed by atoms with van der Waals surface area (Å²) in [5.41, 5.74) is 4.57. The van der Waals surface area contributed by atoms with Crippen molar-refractivity contribution in [3.05, 3.63) is 83.9 Å². The predicted octanol–water partition coefficient (Wildman–Crippen LogP) is 4.04. The molecule has 34 heavy (non-hydrogen) atoms. The minimum Gasteiger partial charge on any atom is -0.348 e. The molecule has 1 aliphatic rings. The smallest absolute Gasteiger partial charge is 0.243 e. The Bertz CT molecular complexity index is 1450. The molecule has 7 nitrogen and oxygen atoms in total. The second-order valence-electron chi connectivity index (χ2n) is 8.60. The topological polar surface area (TPSA) is 95.2 Å². The summed E-state index contributed by atoms with van der Waals surface area (Å²) in [5, 5.41) is 3.02. The molecule has 0 bridgehead atoms. The fourth-order valence-electron chi connectivity index (χ4n) is 4.49. The van der Waals surface area contributed by atoms with E-state index in [0.717, 1.165) is 34.7 Å². The van der Waals surface area contributed by atoms with E-state index in [-0.39, 0.29) is 23.4 Å². The van der Waals surface area contributed by atoms with E-state index in [0.29, 0.717) is 16.9 Å². The third-order valence-corrected chi connectivity index (χ3v) is 8.08. The van der Waals surface area contributed by atoms with E-state index in [9.17, 15) is 13.2 Å². The van der Waals surface area contributed by atoms with Crippen molar-refractivity contribution in [1.29, 1.82) is 0 Å². The van der Waals surface area contributed by atoms with Crippen molar-refractivity contribution in [1.82, 2.24) is 19.6 Å². The van der Waals surface area contributed by atoms with Crippen molar-refractivity contribution in [2.24, 2.45) is 0 Å². The number of nitrogens with one attached hydrogen (secondary N) is 2. The maximum atomic E-state index is 13.2. The van der Waals surface area contributed by atoms with Crippen LogP contribution in [-0.4, -0.2) is 42.2 Å². The van der Waals surface area contributed by atoms with Gasteiger partial charge in [0.05, 0.1) is 28.5 Å². The first-order chi connectivity index (χ1) is 16.4. The zero-order valence-corrected chi connectivity index (χ0v) is 19.7. The molecule has 5 rings (SSSR count). The van der Waals surface area contributed by atoms with Gasteiger partial charge in [0, 0.05) is 12.6 Å². The summed E-state index contributed by atoms with van der Waals surface area (Å²) in [5.74, 6) is 0.354. The lowest BCUT2D eigenvalue weighted by atomic mass is 9.88. The number of carbonyl (C=O) groups is 1. The van der Waals surface area contributed by atoms with Crippen molar-refractivity contribution in [2.75, 3.05) is 13.6 Å². The molecule has 1 unspecified atom stereocenters. The Balaban J connectivity index is 1.32. The number of rotatable bonds is 6. The van der Waals surface area contributed by atoms with Gasteiger partial charge in [0.1, 0.15) is 5.82 Å². The number of hydrogen-bond acceptors (Lipinski definition) is 4. The third kappa shape index (κ3) is 4.34. The summed E-state index contributed by atoms with van der Waals surface area (Å²) in [6.07, 6.45) is 2.84. The van der Waals surface area contributed by atoms with Crippen LogP contribution in [-0.2, 0) is 21.2 Å². The standard InChI is InChI=1S/C26H26N4O3S/c1-30(17-25(31)27-22-13-7-11-18-8-5-6-12-21(18)22)34(32,33)20-14-15-23-24(16-20)29-26(28-23)19-9-3-2-4-10-19/h2-6,8-10,12,14-16,22H,7,11,13,17H2,1H3,(H,27,31)(H,28,29). The maximum absolute atomic E-state index is 13.2. The van der Waals surface area contributed by atoms with E-state index < -0.39 is 10.0 Å². The number of amides is 1. The Morgan fingerprint density at radius 3 is 2.68 bits per heavy atom. The van der Waals surface area contributed by atoms with Crippen LogP contribution < -0.4 is 5.32 Å². The molecule has 0 spiro atoms. The number of sulfonamides is 1. The number of hydrogen-bond donors (Lipinski definition) is 2. The Hall–Kier alpha value is -3.49. The summed E-state index contributed by atoms with van der Waals surface area (Å²) in [4.78, 5) is 20.6. The van der Waals surface area contributed by atoms with Crippen LogP contribution in [0, 0.1) is 0 Å². The minimum absolute atomic E-state index is 0.0914. The molecule has 1 atom stereocenters. The number of nitrogens with zero attached hydrogens (tertiary/aromatic N) is 2. The Kier molecular flexibility index (Phi) is 5.93. The van der Waals surface area contributed by atoms with Crippen molar-refractivity contribution in [3.8, 4) is 11.4 Å². The molecule has 4 aromatic rings. The molecule has 8 heteroatoms. The van der Waals surface area contributed by atoms with E-state index in [1.54, 1.807) is 12.1 Å². The number of aryl methyl sites for hydroxylation is 1. The normalized spacial score (nSPS) is 15.9. The molecule has 2 N–H and O–H groups in total. The van der Waals surface area contributed by atoms with Gasteiger partial charge in [0.15, 0.2) is 0 Å². The van der Waals surface area contributed by atoms with Crippen molar-refractivity contribution in [2.45, 2.75) is 30.2 Å². The maximum Gasteiger partial charge on any atom is 0.243 e. The second kappa shape index (κ2) is 9.04. The second-order valence-corrected chi connectivity index (χ2v) is 10.6. The lowest BCUT2D eigenvalue weighted by Crippen LogP contribution is -2.40. The summed E-state index contributed by atoms with van der Waals surface area (Å²) >= 11 is 0. The first kappa shape index (κ1) is 22.3. The first-order valence-corrected chi connectivity index (χ1v) is 12.7. The largest absolute Gasteiger partial charge is 0.348 e. The molecular formula is C26H26N4O3S. The Labute approximate surface area is 198 Å². The fourth-order valence-corrected chi connectivity index (χ4v) is 5.65. The zero-order valence-electron chi connectivity index (χ0n) is 18.9. The molecule has 0 fully saturated rings. The average Bonchev–Trinajstić information content (AvgIpc) is 3.28. The predicted molar refractivity (Wildman–Crippen MR) is 132 cm³/mol. The van der Waals surface area contributed by atoms with Gasteiger partial charge >= 0.3 is 0 Å². The number of benzene rings is 3. The summed E-state index contributed by atoms with van der Waals surface area (Å²) in [7, 11) is -2.43. The van der Waals surface area contributed by atoms with E-state index in [2.05, 4.69) is 21.4 Å². The van der Waals surface area contributed by atoms with Crippen LogP contribution in [0.3, 0.4) is 0 Å². The fraction of sp³-hybridized carbons (Fsp3) is 0.231. The van der Waals surface area contributed by atoms with Crippen LogP contribution in [0.1, 0.15) is 30.0 Å². The number of carbonyl (C=O) groups excluding carboxylic acids is 1. The van der Waals surface area contributed by atoms with Crippen LogP contribution >= 0.6 is 0 Å². The molecule has 174 valence electrons. The van der Waals surface area contributed by atoms with E-state index in [4.69, 9.17) is 0 Å². The number of likely N-dealkylation sites (N-methyl/N-ethyl adjacent to an activating group) is 1. The quantitative estimate of drug-likeness (QED) is 0.441.